The molecule has 0 saturated heterocycles. The summed E-state index contributed by atoms with van der Waals surface area (Å²) in [7, 11) is 0. The van der Waals surface area contributed by atoms with Crippen LogP contribution in [0.1, 0.15) is 25.3 Å². The summed E-state index contributed by atoms with van der Waals surface area (Å²) in [6.07, 6.45) is 0.780. The summed E-state index contributed by atoms with van der Waals surface area (Å²) >= 11 is 0. The van der Waals surface area contributed by atoms with Crippen molar-refractivity contribution in [2.45, 2.75) is 26.2 Å². The van der Waals surface area contributed by atoms with Crippen molar-refractivity contribution in [1.29, 1.82) is 0 Å². The van der Waals surface area contributed by atoms with Crippen LogP contribution in [-0.2, 0) is 6.42 Å². The lowest BCUT2D eigenvalue weighted by molar-refractivity contribution is 0.468. The van der Waals surface area contributed by atoms with Gasteiger partial charge in [0.25, 0.3) is 0 Å². The molecule has 0 bridgehead atoms. The van der Waals surface area contributed by atoms with Crippen LogP contribution in [0.4, 0.5) is 26.3 Å². The van der Waals surface area contributed by atoms with E-state index < -0.39 is 51.2 Å². The highest BCUT2D eigenvalue weighted by molar-refractivity contribution is 5.86. The summed E-state index contributed by atoms with van der Waals surface area (Å²) in [5.41, 5.74) is -0.651. The summed E-state index contributed by atoms with van der Waals surface area (Å²) in [4.78, 5) is 0. The highest BCUT2D eigenvalue weighted by atomic mass is 19.2. The third-order valence-corrected chi connectivity index (χ3v) is 3.11. The molecule has 0 unspecified atom stereocenters. The molecule has 0 amide bonds. The van der Waals surface area contributed by atoms with Gasteiger partial charge in [-0.3, -0.25) is 0 Å². The largest absolute Gasteiger partial charge is 0.206 e. The van der Waals surface area contributed by atoms with Gasteiger partial charge in [0, 0.05) is 11.6 Å². The Morgan fingerprint density at radius 3 is 2.00 bits per heavy atom. The number of unbranched alkanes of at least 4 members (excludes halogenated alkanes) is 1. The quantitative estimate of drug-likeness (QED) is 0.550. The molecule has 0 aliphatic heterocycles. The number of halogens is 6. The Morgan fingerprint density at radius 1 is 0.750 bits per heavy atom. The van der Waals surface area contributed by atoms with Crippen LogP contribution >= 0.6 is 0 Å². The van der Waals surface area contributed by atoms with Gasteiger partial charge in [0.2, 0.25) is 0 Å². The third-order valence-electron chi connectivity index (χ3n) is 3.11. The van der Waals surface area contributed by atoms with E-state index in [9.17, 15) is 26.3 Å². The van der Waals surface area contributed by atoms with E-state index in [0.29, 0.717) is 12.8 Å². The van der Waals surface area contributed by atoms with Crippen molar-refractivity contribution >= 4 is 10.8 Å². The van der Waals surface area contributed by atoms with Gasteiger partial charge in [-0.05, 0) is 12.8 Å². The number of hydrogen-bond donors (Lipinski definition) is 0. The van der Waals surface area contributed by atoms with E-state index in [2.05, 4.69) is 0 Å². The van der Waals surface area contributed by atoms with E-state index in [0.717, 1.165) is 0 Å². The van der Waals surface area contributed by atoms with Gasteiger partial charge in [0.1, 0.15) is 11.6 Å². The number of benzene rings is 2. The minimum absolute atomic E-state index is 0.113. The minimum Gasteiger partial charge on any atom is -0.206 e. The molecule has 0 radical (unpaired) electrons. The molecule has 0 heterocycles. The fourth-order valence-electron chi connectivity index (χ4n) is 2.08. The van der Waals surface area contributed by atoms with Crippen molar-refractivity contribution < 1.29 is 26.3 Å². The van der Waals surface area contributed by atoms with Crippen molar-refractivity contribution in [3.05, 3.63) is 46.5 Å². The first-order valence-electron chi connectivity index (χ1n) is 6.02. The molecule has 0 fully saturated rings. The predicted molar refractivity (Wildman–Crippen MR) is 62.3 cm³/mol. The molecule has 2 rings (SSSR count). The Bertz CT molecular complexity index is 678. The van der Waals surface area contributed by atoms with E-state index >= 15 is 0 Å². The molecular formula is C14H10F6. The Morgan fingerprint density at radius 2 is 1.40 bits per heavy atom. The van der Waals surface area contributed by atoms with Gasteiger partial charge in [0.15, 0.2) is 23.3 Å². The van der Waals surface area contributed by atoms with Gasteiger partial charge in [0.05, 0.1) is 10.8 Å². The molecule has 6 heteroatoms. The van der Waals surface area contributed by atoms with Crippen LogP contribution in [0.3, 0.4) is 0 Å². The zero-order valence-electron chi connectivity index (χ0n) is 10.5. The van der Waals surface area contributed by atoms with E-state index in [1.165, 1.54) is 0 Å². The van der Waals surface area contributed by atoms with E-state index in [4.69, 9.17) is 0 Å². The summed E-state index contributed by atoms with van der Waals surface area (Å²) in [6, 6.07) is 0.113. The molecule has 0 nitrogen and oxygen atoms in total. The summed E-state index contributed by atoms with van der Waals surface area (Å²) in [5, 5.41) is -2.40. The van der Waals surface area contributed by atoms with Crippen LogP contribution in [0.5, 0.6) is 0 Å². The van der Waals surface area contributed by atoms with E-state index in [1.807, 2.05) is 0 Å². The maximum Gasteiger partial charge on any atom is 0.170 e. The first kappa shape index (κ1) is 14.7. The number of fused-ring (bicyclic) bond motifs is 1. The smallest absolute Gasteiger partial charge is 0.170 e. The topological polar surface area (TPSA) is 0 Å². The molecule has 0 aliphatic rings. The van der Waals surface area contributed by atoms with Crippen LogP contribution in [-0.4, -0.2) is 0 Å². The van der Waals surface area contributed by atoms with Gasteiger partial charge < -0.3 is 0 Å². The van der Waals surface area contributed by atoms with Gasteiger partial charge in [-0.25, -0.2) is 26.3 Å². The van der Waals surface area contributed by atoms with Crippen LogP contribution in [0, 0.1) is 34.9 Å². The number of hydrogen-bond acceptors (Lipinski definition) is 0. The van der Waals surface area contributed by atoms with Gasteiger partial charge in [-0.1, -0.05) is 13.3 Å². The molecule has 20 heavy (non-hydrogen) atoms. The van der Waals surface area contributed by atoms with Crippen molar-refractivity contribution in [3.63, 3.8) is 0 Å². The zero-order valence-corrected chi connectivity index (χ0v) is 10.5. The highest BCUT2D eigenvalue weighted by Crippen LogP contribution is 2.33. The first-order chi connectivity index (χ1) is 9.40. The third kappa shape index (κ3) is 2.13. The molecule has 0 N–H and O–H groups in total. The molecule has 0 aliphatic carbocycles. The Labute approximate surface area is 111 Å². The maximum atomic E-state index is 14.1. The normalized spacial score (nSPS) is 11.3. The fourth-order valence-corrected chi connectivity index (χ4v) is 2.08. The van der Waals surface area contributed by atoms with Gasteiger partial charge in [-0.15, -0.1) is 0 Å². The van der Waals surface area contributed by atoms with Gasteiger partial charge in [-0.2, -0.15) is 0 Å². The molecule has 2 aromatic rings. The molecule has 0 aromatic heterocycles. The van der Waals surface area contributed by atoms with Crippen molar-refractivity contribution in [3.8, 4) is 0 Å². The Kier molecular flexibility index (Phi) is 3.92. The lowest BCUT2D eigenvalue weighted by Gasteiger charge is -2.11. The first-order valence-corrected chi connectivity index (χ1v) is 6.02. The second kappa shape index (κ2) is 5.34. The standard InChI is InChI=1S/C14H10F6/c1-2-3-4-6-11(17)9-7(15)5-8(16)13(19)10(9)14(20)12(6)18/h5H,2-4H2,1H3. The average Bonchev–Trinajstić information content (AvgIpc) is 2.40. The maximum absolute atomic E-state index is 14.1. The second-order valence-corrected chi connectivity index (χ2v) is 4.43. The number of rotatable bonds is 3. The summed E-state index contributed by atoms with van der Waals surface area (Å²) in [5.74, 6) is -9.74. The van der Waals surface area contributed by atoms with Crippen LogP contribution in [0.25, 0.3) is 10.8 Å². The van der Waals surface area contributed by atoms with E-state index in [-0.39, 0.29) is 12.5 Å². The Hall–Kier alpha value is -1.72. The SMILES string of the molecule is CCCCc1c(F)c(F)c2c(F)c(F)cc(F)c2c1F. The van der Waals surface area contributed by atoms with E-state index in [1.54, 1.807) is 6.92 Å². The predicted octanol–water partition coefficient (Wildman–Crippen LogP) is 5.02. The van der Waals surface area contributed by atoms with Crippen LogP contribution in [0.2, 0.25) is 0 Å². The lowest BCUT2D eigenvalue weighted by Crippen LogP contribution is -2.05. The van der Waals surface area contributed by atoms with Crippen LogP contribution in [0.15, 0.2) is 6.07 Å². The molecule has 0 atom stereocenters. The Balaban J connectivity index is 2.89. The summed E-state index contributed by atoms with van der Waals surface area (Å²) in [6.45, 7) is 1.75. The minimum atomic E-state index is -1.81. The molecule has 0 saturated carbocycles. The fraction of sp³-hybridized carbons (Fsp3) is 0.286. The zero-order chi connectivity index (χ0) is 15.0. The molecular weight excluding hydrogens is 282 g/mol. The van der Waals surface area contributed by atoms with Gasteiger partial charge >= 0.3 is 0 Å². The lowest BCUT2D eigenvalue weighted by atomic mass is 9.99. The molecule has 0 spiro atoms. The second-order valence-electron chi connectivity index (χ2n) is 4.43. The van der Waals surface area contributed by atoms with Crippen LogP contribution < -0.4 is 0 Å². The molecule has 2 aromatic carbocycles. The summed E-state index contributed by atoms with van der Waals surface area (Å²) < 4.78 is 81.6. The monoisotopic (exact) mass is 292 g/mol. The average molecular weight is 292 g/mol. The van der Waals surface area contributed by atoms with Crippen molar-refractivity contribution in [2.24, 2.45) is 0 Å². The van der Waals surface area contributed by atoms with Crippen molar-refractivity contribution in [1.82, 2.24) is 0 Å². The van der Waals surface area contributed by atoms with Crippen molar-refractivity contribution in [2.75, 3.05) is 0 Å². The highest BCUT2D eigenvalue weighted by Gasteiger charge is 2.26. The molecule has 108 valence electrons.